The Morgan fingerprint density at radius 3 is 2.50 bits per heavy atom. The van der Waals surface area contributed by atoms with Gasteiger partial charge in [-0.25, -0.2) is 9.37 Å². The first-order valence-corrected chi connectivity index (χ1v) is 14.3. The fraction of sp³-hybridized carbons (Fsp3) is 0.367. The standard InChI is InChI=1S/C30H29ClF2N6O5/c1-37-23(21-4-5-24(44-13-8-34)26(33)25(21)32)17-35-27(37)28(40)36-19-2-3-20(22(31)16-19)30(42)38-9-6-18(7-10-38)29(41)39-11-14-43-15-12-39/h2-5,16-18H,6-7,9-15H2,1H3,(H,36,40). The minimum absolute atomic E-state index is 0.0876. The van der Waals surface area contributed by atoms with E-state index < -0.39 is 29.9 Å². The van der Waals surface area contributed by atoms with Crippen molar-refractivity contribution < 1.29 is 32.6 Å². The molecule has 14 heteroatoms. The molecule has 2 aliphatic rings. The molecule has 0 radical (unpaired) electrons. The summed E-state index contributed by atoms with van der Waals surface area (Å²) in [5, 5.41) is 11.4. The molecule has 1 aromatic heterocycles. The topological polar surface area (TPSA) is 130 Å². The maximum absolute atomic E-state index is 14.8. The lowest BCUT2D eigenvalue weighted by Crippen LogP contribution is -2.47. The third kappa shape index (κ3) is 6.36. The van der Waals surface area contributed by atoms with Crippen molar-refractivity contribution in [2.24, 2.45) is 13.0 Å². The second-order valence-corrected chi connectivity index (χ2v) is 10.8. The summed E-state index contributed by atoms with van der Waals surface area (Å²) in [6.07, 6.45) is 2.36. The van der Waals surface area contributed by atoms with E-state index in [-0.39, 0.29) is 45.4 Å². The highest BCUT2D eigenvalue weighted by Crippen LogP contribution is 2.31. The van der Waals surface area contributed by atoms with Gasteiger partial charge in [-0.15, -0.1) is 0 Å². The van der Waals surface area contributed by atoms with Crippen LogP contribution in [0.4, 0.5) is 14.5 Å². The van der Waals surface area contributed by atoms with Crippen molar-refractivity contribution in [2.75, 3.05) is 51.3 Å². The molecule has 1 N–H and O–H groups in total. The monoisotopic (exact) mass is 626 g/mol. The first-order chi connectivity index (χ1) is 21.2. The number of imidazole rings is 1. The molecular formula is C30H29ClF2N6O5. The molecule has 230 valence electrons. The van der Waals surface area contributed by atoms with Crippen LogP contribution in [0.2, 0.25) is 5.02 Å². The van der Waals surface area contributed by atoms with Crippen LogP contribution < -0.4 is 10.1 Å². The van der Waals surface area contributed by atoms with Gasteiger partial charge in [0.2, 0.25) is 11.7 Å². The smallest absolute Gasteiger partial charge is 0.291 e. The first-order valence-electron chi connectivity index (χ1n) is 14.0. The minimum atomic E-state index is -1.26. The molecule has 2 fully saturated rings. The normalized spacial score (nSPS) is 15.5. The van der Waals surface area contributed by atoms with Crippen molar-refractivity contribution in [2.45, 2.75) is 12.8 Å². The summed E-state index contributed by atoms with van der Waals surface area (Å²) in [6, 6.07) is 8.64. The summed E-state index contributed by atoms with van der Waals surface area (Å²) in [4.78, 5) is 46.6. The highest BCUT2D eigenvalue weighted by Gasteiger charge is 2.32. The van der Waals surface area contributed by atoms with Crippen LogP contribution >= 0.6 is 11.6 Å². The number of rotatable bonds is 7. The van der Waals surface area contributed by atoms with E-state index in [0.717, 1.165) is 0 Å². The van der Waals surface area contributed by atoms with Gasteiger partial charge < -0.3 is 29.2 Å². The van der Waals surface area contributed by atoms with Crippen molar-refractivity contribution in [1.29, 1.82) is 5.26 Å². The maximum atomic E-state index is 14.8. The third-order valence-corrected chi connectivity index (χ3v) is 8.03. The molecule has 5 rings (SSSR count). The summed E-state index contributed by atoms with van der Waals surface area (Å²) < 4.78 is 40.7. The van der Waals surface area contributed by atoms with Gasteiger partial charge in [0.1, 0.15) is 6.07 Å². The van der Waals surface area contributed by atoms with E-state index >= 15 is 0 Å². The number of amides is 3. The molecule has 11 nitrogen and oxygen atoms in total. The summed E-state index contributed by atoms with van der Waals surface area (Å²) in [7, 11) is 1.47. The Balaban J connectivity index is 1.22. The number of ether oxygens (including phenoxy) is 2. The summed E-state index contributed by atoms with van der Waals surface area (Å²) in [5.74, 6) is -3.90. The quantitative estimate of drug-likeness (QED) is 0.421. The van der Waals surface area contributed by atoms with Gasteiger partial charge in [-0.3, -0.25) is 14.4 Å². The third-order valence-electron chi connectivity index (χ3n) is 7.72. The number of carbonyl (C=O) groups excluding carboxylic acids is 3. The number of hydrogen-bond acceptors (Lipinski definition) is 7. The van der Waals surface area contributed by atoms with E-state index in [1.54, 1.807) is 11.0 Å². The average molecular weight is 627 g/mol. The Kier molecular flexibility index (Phi) is 9.41. The number of nitrogens with one attached hydrogen (secondary N) is 1. The number of nitriles is 1. The molecule has 2 aromatic carbocycles. The fourth-order valence-corrected chi connectivity index (χ4v) is 5.58. The van der Waals surface area contributed by atoms with E-state index in [4.69, 9.17) is 26.3 Å². The molecule has 0 unspecified atom stereocenters. The molecule has 2 aliphatic heterocycles. The SMILES string of the molecule is Cn1c(-c2ccc(OCC#N)c(F)c2F)cnc1C(=O)Nc1ccc(C(=O)N2CCC(C(=O)N3CCOCC3)CC2)c(Cl)c1. The lowest BCUT2D eigenvalue weighted by Gasteiger charge is -2.35. The Bertz CT molecular complexity index is 1630. The van der Waals surface area contributed by atoms with E-state index in [1.165, 1.54) is 48.1 Å². The van der Waals surface area contributed by atoms with Crippen LogP contribution in [0.25, 0.3) is 11.3 Å². The minimum Gasteiger partial charge on any atom is -0.476 e. The zero-order valence-electron chi connectivity index (χ0n) is 23.8. The maximum Gasteiger partial charge on any atom is 0.291 e. The molecule has 44 heavy (non-hydrogen) atoms. The average Bonchev–Trinajstić information content (AvgIpc) is 3.42. The fourth-order valence-electron chi connectivity index (χ4n) is 5.32. The number of halogens is 3. The van der Waals surface area contributed by atoms with Crippen molar-refractivity contribution in [3.63, 3.8) is 0 Å². The van der Waals surface area contributed by atoms with Crippen molar-refractivity contribution in [3.05, 3.63) is 64.6 Å². The van der Waals surface area contributed by atoms with Gasteiger partial charge in [0, 0.05) is 50.4 Å². The molecule has 0 bridgehead atoms. The number of benzene rings is 2. The van der Waals surface area contributed by atoms with Crippen LogP contribution in [0.15, 0.2) is 36.5 Å². The van der Waals surface area contributed by atoms with E-state index in [9.17, 15) is 23.2 Å². The molecule has 0 atom stereocenters. The van der Waals surface area contributed by atoms with Gasteiger partial charge in [-0.1, -0.05) is 11.6 Å². The Morgan fingerprint density at radius 2 is 1.82 bits per heavy atom. The number of piperidine rings is 1. The lowest BCUT2D eigenvalue weighted by molar-refractivity contribution is -0.141. The largest absolute Gasteiger partial charge is 0.476 e. The van der Waals surface area contributed by atoms with Gasteiger partial charge >= 0.3 is 0 Å². The number of morpholine rings is 1. The van der Waals surface area contributed by atoms with Gasteiger partial charge in [0.15, 0.2) is 24.0 Å². The Labute approximate surface area is 256 Å². The van der Waals surface area contributed by atoms with Gasteiger partial charge in [-0.2, -0.15) is 9.65 Å². The summed E-state index contributed by atoms with van der Waals surface area (Å²) >= 11 is 6.45. The van der Waals surface area contributed by atoms with Crippen LogP contribution in [0.5, 0.6) is 5.75 Å². The van der Waals surface area contributed by atoms with E-state index in [1.807, 2.05) is 4.90 Å². The zero-order chi connectivity index (χ0) is 31.4. The Morgan fingerprint density at radius 1 is 1.09 bits per heavy atom. The number of carbonyl (C=O) groups is 3. The number of anilines is 1. The zero-order valence-corrected chi connectivity index (χ0v) is 24.6. The molecule has 0 spiro atoms. The van der Waals surface area contributed by atoms with Gasteiger partial charge in [0.05, 0.1) is 35.7 Å². The lowest BCUT2D eigenvalue weighted by atomic mass is 9.94. The molecule has 0 aliphatic carbocycles. The highest BCUT2D eigenvalue weighted by atomic mass is 35.5. The molecular weight excluding hydrogens is 598 g/mol. The second-order valence-electron chi connectivity index (χ2n) is 10.4. The summed E-state index contributed by atoms with van der Waals surface area (Å²) in [6.45, 7) is 2.67. The van der Waals surface area contributed by atoms with Gasteiger partial charge in [-0.05, 0) is 43.2 Å². The number of nitrogens with zero attached hydrogens (tertiary/aromatic N) is 5. The number of hydrogen-bond donors (Lipinski definition) is 1. The molecule has 3 heterocycles. The number of aromatic nitrogens is 2. The Hall–Kier alpha value is -4.54. The van der Waals surface area contributed by atoms with Crippen molar-refractivity contribution in [3.8, 4) is 23.1 Å². The first kappa shape index (κ1) is 30.9. The van der Waals surface area contributed by atoms with Crippen LogP contribution in [0.1, 0.15) is 33.8 Å². The highest BCUT2D eigenvalue weighted by molar-refractivity contribution is 6.34. The molecule has 3 aromatic rings. The van der Waals surface area contributed by atoms with Crippen LogP contribution in [-0.2, 0) is 16.6 Å². The summed E-state index contributed by atoms with van der Waals surface area (Å²) in [5.41, 5.74) is 0.544. The van der Waals surface area contributed by atoms with Crippen LogP contribution in [0, 0.1) is 28.9 Å². The number of likely N-dealkylation sites (tertiary alicyclic amines) is 1. The van der Waals surface area contributed by atoms with Crippen LogP contribution in [0.3, 0.4) is 0 Å². The second kappa shape index (κ2) is 13.4. The predicted octanol–water partition coefficient (Wildman–Crippen LogP) is 3.88. The van der Waals surface area contributed by atoms with Crippen molar-refractivity contribution in [1.82, 2.24) is 19.4 Å². The van der Waals surface area contributed by atoms with E-state index in [2.05, 4.69) is 10.3 Å². The molecule has 3 amide bonds. The molecule has 2 saturated heterocycles. The van der Waals surface area contributed by atoms with Crippen molar-refractivity contribution >= 4 is 35.0 Å². The molecule has 0 saturated carbocycles. The van der Waals surface area contributed by atoms with E-state index in [0.29, 0.717) is 57.9 Å². The van der Waals surface area contributed by atoms with Gasteiger partial charge in [0.25, 0.3) is 11.8 Å². The predicted molar refractivity (Wildman–Crippen MR) is 155 cm³/mol. The van der Waals surface area contributed by atoms with Crippen LogP contribution in [-0.4, -0.2) is 83.1 Å².